The van der Waals surface area contributed by atoms with Crippen LogP contribution in [0.3, 0.4) is 0 Å². The molecule has 1 aliphatic carbocycles. The topological polar surface area (TPSA) is 83.6 Å². The Morgan fingerprint density at radius 2 is 2.00 bits per heavy atom. The number of hydrogen-bond acceptors (Lipinski definition) is 4. The van der Waals surface area contributed by atoms with Gasteiger partial charge in [0.25, 0.3) is 5.91 Å². The zero-order valence-electron chi connectivity index (χ0n) is 12.9. The van der Waals surface area contributed by atoms with Crippen LogP contribution in [0.2, 0.25) is 0 Å². The first-order chi connectivity index (χ1) is 10.6. The molecule has 2 heterocycles. The van der Waals surface area contributed by atoms with Crippen molar-refractivity contribution < 1.29 is 19.2 Å². The number of aliphatic carboxylic acids is 1. The molecule has 3 rings (SSSR count). The molecule has 2 atom stereocenters. The van der Waals surface area contributed by atoms with Crippen molar-refractivity contribution in [2.24, 2.45) is 5.92 Å². The second kappa shape index (κ2) is 6.10. The number of amides is 1. The molecule has 1 aromatic heterocycles. The molecule has 1 aliphatic heterocycles. The zero-order valence-corrected chi connectivity index (χ0v) is 12.9. The predicted molar refractivity (Wildman–Crippen MR) is 78.6 cm³/mol. The van der Waals surface area contributed by atoms with Crippen molar-refractivity contribution in [3.63, 3.8) is 0 Å². The molecule has 2 unspecified atom stereocenters. The third-order valence-corrected chi connectivity index (χ3v) is 4.89. The summed E-state index contributed by atoms with van der Waals surface area (Å²) in [4.78, 5) is 25.7. The van der Waals surface area contributed by atoms with E-state index in [1.807, 2.05) is 6.92 Å². The summed E-state index contributed by atoms with van der Waals surface area (Å²) in [5.41, 5.74) is 1.34. The van der Waals surface area contributed by atoms with Crippen molar-refractivity contribution in [1.82, 2.24) is 10.1 Å². The third kappa shape index (κ3) is 2.74. The average Bonchev–Trinajstić information content (AvgIpc) is 2.75. The Morgan fingerprint density at radius 3 is 2.77 bits per heavy atom. The Labute approximate surface area is 129 Å². The highest BCUT2D eigenvalue weighted by Crippen LogP contribution is 2.28. The number of carbonyl (C=O) groups is 2. The Hall–Kier alpha value is -1.85. The van der Waals surface area contributed by atoms with E-state index in [4.69, 9.17) is 4.52 Å². The molecule has 0 spiro atoms. The normalized spacial score (nSPS) is 25.4. The average molecular weight is 306 g/mol. The summed E-state index contributed by atoms with van der Waals surface area (Å²) in [5, 5.41) is 13.2. The Balaban J connectivity index is 1.83. The van der Waals surface area contributed by atoms with Crippen molar-refractivity contribution in [2.45, 2.75) is 57.9 Å². The molecule has 0 radical (unpaired) electrons. The van der Waals surface area contributed by atoms with Gasteiger partial charge in [-0.3, -0.25) is 9.59 Å². The largest absolute Gasteiger partial charge is 0.481 e. The lowest BCUT2D eigenvalue weighted by molar-refractivity contribution is -0.143. The molecular weight excluding hydrogens is 284 g/mol. The van der Waals surface area contributed by atoms with Crippen LogP contribution in [-0.4, -0.2) is 39.6 Å². The molecule has 22 heavy (non-hydrogen) atoms. The number of nitrogens with zero attached hydrogens (tertiary/aromatic N) is 2. The van der Waals surface area contributed by atoms with Gasteiger partial charge >= 0.3 is 5.97 Å². The summed E-state index contributed by atoms with van der Waals surface area (Å²) < 4.78 is 5.37. The summed E-state index contributed by atoms with van der Waals surface area (Å²) in [7, 11) is 0. The van der Waals surface area contributed by atoms with Gasteiger partial charge in [0.05, 0.1) is 5.92 Å². The lowest BCUT2D eigenvalue weighted by Crippen LogP contribution is -2.47. The van der Waals surface area contributed by atoms with E-state index < -0.39 is 11.9 Å². The van der Waals surface area contributed by atoms with Gasteiger partial charge in [0.1, 0.15) is 5.76 Å². The molecule has 1 N–H and O–H groups in total. The van der Waals surface area contributed by atoms with E-state index in [0.717, 1.165) is 43.4 Å². The molecule has 6 nitrogen and oxygen atoms in total. The number of carboxylic acid groups (broad SMARTS) is 1. The molecule has 1 saturated heterocycles. The molecule has 0 bridgehead atoms. The highest BCUT2D eigenvalue weighted by Gasteiger charge is 2.35. The summed E-state index contributed by atoms with van der Waals surface area (Å²) in [6.45, 7) is 2.23. The van der Waals surface area contributed by atoms with E-state index >= 15 is 0 Å². The first-order valence-electron chi connectivity index (χ1n) is 8.09. The Kier molecular flexibility index (Phi) is 4.18. The highest BCUT2D eigenvalue weighted by molar-refractivity contribution is 5.94. The van der Waals surface area contributed by atoms with Gasteiger partial charge in [-0.1, -0.05) is 11.6 Å². The van der Waals surface area contributed by atoms with Crippen LogP contribution in [0.4, 0.5) is 0 Å². The first-order valence-corrected chi connectivity index (χ1v) is 8.09. The molecule has 1 fully saturated rings. The smallest absolute Gasteiger partial charge is 0.308 e. The van der Waals surface area contributed by atoms with E-state index in [1.54, 1.807) is 4.90 Å². The number of piperidine rings is 1. The minimum atomic E-state index is -0.830. The molecule has 2 aliphatic rings. The summed E-state index contributed by atoms with van der Waals surface area (Å²) in [5.74, 6) is -0.653. The SMILES string of the molecule is CC1CCC(C(=O)O)CN1C(=O)c1noc2c1CCCCC2. The van der Waals surface area contributed by atoms with E-state index in [1.165, 1.54) is 0 Å². The fourth-order valence-electron chi connectivity index (χ4n) is 3.46. The fraction of sp³-hybridized carbons (Fsp3) is 0.688. The van der Waals surface area contributed by atoms with E-state index in [9.17, 15) is 14.7 Å². The van der Waals surface area contributed by atoms with Crippen molar-refractivity contribution in [3.05, 3.63) is 17.0 Å². The van der Waals surface area contributed by atoms with Gasteiger partial charge in [-0.25, -0.2) is 0 Å². The van der Waals surface area contributed by atoms with Gasteiger partial charge in [-0.15, -0.1) is 0 Å². The van der Waals surface area contributed by atoms with Crippen LogP contribution in [-0.2, 0) is 17.6 Å². The monoisotopic (exact) mass is 306 g/mol. The number of fused-ring (bicyclic) bond motifs is 1. The molecular formula is C16H22N2O4. The van der Waals surface area contributed by atoms with Gasteiger partial charge in [-0.05, 0) is 39.0 Å². The second-order valence-electron chi connectivity index (χ2n) is 6.41. The number of aryl methyl sites for hydroxylation is 1. The molecule has 6 heteroatoms. The fourth-order valence-corrected chi connectivity index (χ4v) is 3.46. The molecule has 1 amide bonds. The number of hydrogen-bond donors (Lipinski definition) is 1. The second-order valence-corrected chi connectivity index (χ2v) is 6.41. The van der Waals surface area contributed by atoms with Gasteiger partial charge in [0, 0.05) is 24.6 Å². The van der Waals surface area contributed by atoms with Crippen LogP contribution >= 0.6 is 0 Å². The van der Waals surface area contributed by atoms with Crippen molar-refractivity contribution in [1.29, 1.82) is 0 Å². The molecule has 0 aromatic carbocycles. The summed E-state index contributed by atoms with van der Waals surface area (Å²) >= 11 is 0. The number of rotatable bonds is 2. The summed E-state index contributed by atoms with van der Waals surface area (Å²) in [6, 6.07) is 0.0428. The van der Waals surface area contributed by atoms with Crippen molar-refractivity contribution in [3.8, 4) is 0 Å². The molecule has 120 valence electrons. The number of aromatic nitrogens is 1. The lowest BCUT2D eigenvalue weighted by Gasteiger charge is -2.36. The highest BCUT2D eigenvalue weighted by atomic mass is 16.5. The Bertz CT molecular complexity index is 581. The van der Waals surface area contributed by atoms with Crippen LogP contribution in [0, 0.1) is 5.92 Å². The first kappa shape index (κ1) is 15.1. The quantitative estimate of drug-likeness (QED) is 0.847. The van der Waals surface area contributed by atoms with Gasteiger partial charge in [0.15, 0.2) is 5.69 Å². The maximum atomic E-state index is 12.8. The van der Waals surface area contributed by atoms with Crippen molar-refractivity contribution in [2.75, 3.05) is 6.54 Å². The molecule has 1 aromatic rings. The van der Waals surface area contributed by atoms with E-state index in [2.05, 4.69) is 5.16 Å². The minimum Gasteiger partial charge on any atom is -0.481 e. The maximum Gasteiger partial charge on any atom is 0.308 e. The van der Waals surface area contributed by atoms with Gasteiger partial charge in [0.2, 0.25) is 0 Å². The minimum absolute atomic E-state index is 0.0428. The van der Waals surface area contributed by atoms with Crippen molar-refractivity contribution >= 4 is 11.9 Å². The predicted octanol–water partition coefficient (Wildman–Crippen LogP) is 2.27. The number of carbonyl (C=O) groups excluding carboxylic acids is 1. The van der Waals surface area contributed by atoms with Crippen LogP contribution in [0.5, 0.6) is 0 Å². The van der Waals surface area contributed by atoms with Crippen LogP contribution in [0.1, 0.15) is 60.8 Å². The van der Waals surface area contributed by atoms with Gasteiger partial charge < -0.3 is 14.5 Å². The van der Waals surface area contributed by atoms with Crippen LogP contribution in [0.15, 0.2) is 4.52 Å². The van der Waals surface area contributed by atoms with E-state index in [-0.39, 0.29) is 18.5 Å². The maximum absolute atomic E-state index is 12.8. The van der Waals surface area contributed by atoms with Crippen LogP contribution < -0.4 is 0 Å². The standard InChI is InChI=1S/C16H22N2O4/c1-10-7-8-11(16(20)21)9-18(10)15(19)14-12-5-3-2-4-6-13(12)22-17-14/h10-11H,2-9H2,1H3,(H,20,21). The molecule has 0 saturated carbocycles. The summed E-state index contributed by atoms with van der Waals surface area (Å²) in [6.07, 6.45) is 6.24. The van der Waals surface area contributed by atoms with E-state index in [0.29, 0.717) is 18.5 Å². The number of carboxylic acids is 1. The third-order valence-electron chi connectivity index (χ3n) is 4.89. The Morgan fingerprint density at radius 1 is 1.23 bits per heavy atom. The lowest BCUT2D eigenvalue weighted by atomic mass is 9.93. The zero-order chi connectivity index (χ0) is 15.7. The van der Waals surface area contributed by atoms with Crippen LogP contribution in [0.25, 0.3) is 0 Å². The van der Waals surface area contributed by atoms with Gasteiger partial charge in [-0.2, -0.15) is 0 Å². The number of likely N-dealkylation sites (tertiary alicyclic amines) is 1.